The molecule has 1 aromatic heterocycles. The second-order valence-electron chi connectivity index (χ2n) is 1.84. The molecule has 0 unspecified atom stereocenters. The van der Waals surface area contributed by atoms with Gasteiger partial charge in [-0.1, -0.05) is 23.9 Å². The molecular weight excluding hydrogens is 158 g/mol. The van der Waals surface area contributed by atoms with Gasteiger partial charge in [-0.25, -0.2) is 4.98 Å². The maximum absolute atomic E-state index is 8.42. The smallest absolute Gasteiger partial charge is 0.100 e. The standard InChI is InChI=1S/C8H9NOS/c10-6-3-7-11-8-4-1-2-5-9-8/h1-5,7,10H,6H2/b7-3+. The van der Waals surface area contributed by atoms with Gasteiger partial charge in [0.1, 0.15) is 5.03 Å². The lowest BCUT2D eigenvalue weighted by atomic mass is 10.5. The Labute approximate surface area is 70.0 Å². The van der Waals surface area contributed by atoms with Crippen molar-refractivity contribution < 1.29 is 5.11 Å². The van der Waals surface area contributed by atoms with Gasteiger partial charge >= 0.3 is 0 Å². The number of rotatable bonds is 3. The molecule has 0 aliphatic rings. The van der Waals surface area contributed by atoms with Gasteiger partial charge in [0, 0.05) is 6.20 Å². The number of hydrogen-bond acceptors (Lipinski definition) is 3. The van der Waals surface area contributed by atoms with Crippen molar-refractivity contribution in [3.63, 3.8) is 0 Å². The van der Waals surface area contributed by atoms with E-state index >= 15 is 0 Å². The molecule has 3 heteroatoms. The molecule has 58 valence electrons. The molecule has 0 saturated carbocycles. The average Bonchev–Trinajstić information content (AvgIpc) is 2.07. The van der Waals surface area contributed by atoms with Crippen LogP contribution in [-0.2, 0) is 0 Å². The highest BCUT2D eigenvalue weighted by Crippen LogP contribution is 2.14. The summed E-state index contributed by atoms with van der Waals surface area (Å²) in [6.07, 6.45) is 3.43. The zero-order valence-corrected chi connectivity index (χ0v) is 6.79. The molecule has 0 fully saturated rings. The van der Waals surface area contributed by atoms with Crippen LogP contribution in [0.1, 0.15) is 0 Å². The van der Waals surface area contributed by atoms with Crippen molar-refractivity contribution in [2.24, 2.45) is 0 Å². The quantitative estimate of drug-likeness (QED) is 0.695. The Balaban J connectivity index is 2.45. The SMILES string of the molecule is OC/C=C/Sc1ccccn1. The summed E-state index contributed by atoms with van der Waals surface area (Å²) in [5, 5.41) is 11.2. The van der Waals surface area contributed by atoms with Gasteiger partial charge < -0.3 is 5.11 Å². The summed E-state index contributed by atoms with van der Waals surface area (Å²) in [6.45, 7) is 0.0832. The monoisotopic (exact) mass is 167 g/mol. The number of aromatic nitrogens is 1. The van der Waals surface area contributed by atoms with E-state index in [0.717, 1.165) is 5.03 Å². The number of nitrogens with zero attached hydrogens (tertiary/aromatic N) is 1. The molecular formula is C8H9NOS. The molecule has 2 nitrogen and oxygen atoms in total. The van der Waals surface area contributed by atoms with Crippen molar-refractivity contribution in [3.05, 3.63) is 35.9 Å². The molecule has 1 rings (SSSR count). The van der Waals surface area contributed by atoms with Crippen LogP contribution in [0.4, 0.5) is 0 Å². The second-order valence-corrected chi connectivity index (χ2v) is 2.77. The Morgan fingerprint density at radius 3 is 3.09 bits per heavy atom. The lowest BCUT2D eigenvalue weighted by Crippen LogP contribution is -1.73. The first-order valence-corrected chi connectivity index (χ1v) is 4.15. The lowest BCUT2D eigenvalue weighted by molar-refractivity contribution is 0.343. The Morgan fingerprint density at radius 2 is 2.45 bits per heavy atom. The Bertz CT molecular complexity index is 223. The predicted molar refractivity (Wildman–Crippen MR) is 46.3 cm³/mol. The molecule has 0 aliphatic carbocycles. The summed E-state index contributed by atoms with van der Waals surface area (Å²) >= 11 is 1.49. The Kier molecular flexibility index (Phi) is 3.72. The van der Waals surface area contributed by atoms with E-state index in [9.17, 15) is 0 Å². The van der Waals surface area contributed by atoms with Gasteiger partial charge in [0.2, 0.25) is 0 Å². The highest BCUT2D eigenvalue weighted by atomic mass is 32.2. The van der Waals surface area contributed by atoms with Gasteiger partial charge in [0.05, 0.1) is 6.61 Å². The Morgan fingerprint density at radius 1 is 1.55 bits per heavy atom. The maximum Gasteiger partial charge on any atom is 0.100 e. The van der Waals surface area contributed by atoms with Crippen molar-refractivity contribution in [1.82, 2.24) is 4.98 Å². The fourth-order valence-corrected chi connectivity index (χ4v) is 1.18. The highest BCUT2D eigenvalue weighted by molar-refractivity contribution is 8.02. The molecule has 0 saturated heterocycles. The first kappa shape index (κ1) is 8.30. The summed E-state index contributed by atoms with van der Waals surface area (Å²) in [5.74, 6) is 0. The minimum absolute atomic E-state index is 0.0832. The van der Waals surface area contributed by atoms with Crippen LogP contribution in [-0.4, -0.2) is 16.7 Å². The fraction of sp³-hybridized carbons (Fsp3) is 0.125. The zero-order valence-electron chi connectivity index (χ0n) is 5.97. The van der Waals surface area contributed by atoms with Crippen LogP contribution in [0.2, 0.25) is 0 Å². The van der Waals surface area contributed by atoms with Crippen molar-refractivity contribution in [2.45, 2.75) is 5.03 Å². The van der Waals surface area contributed by atoms with Crippen LogP contribution in [0.15, 0.2) is 40.9 Å². The van der Waals surface area contributed by atoms with Gasteiger partial charge in [0.15, 0.2) is 0 Å². The van der Waals surface area contributed by atoms with Gasteiger partial charge in [-0.3, -0.25) is 0 Å². The van der Waals surface area contributed by atoms with E-state index in [1.54, 1.807) is 12.3 Å². The van der Waals surface area contributed by atoms with E-state index < -0.39 is 0 Å². The average molecular weight is 167 g/mol. The van der Waals surface area contributed by atoms with E-state index in [4.69, 9.17) is 5.11 Å². The number of pyridine rings is 1. The molecule has 11 heavy (non-hydrogen) atoms. The second kappa shape index (κ2) is 4.93. The normalized spacial score (nSPS) is 10.6. The number of thioether (sulfide) groups is 1. The molecule has 0 atom stereocenters. The van der Waals surface area contributed by atoms with Crippen LogP contribution < -0.4 is 0 Å². The predicted octanol–water partition coefficient (Wildman–Crippen LogP) is 1.68. The molecule has 0 aliphatic heterocycles. The van der Waals surface area contributed by atoms with Crippen molar-refractivity contribution >= 4 is 11.8 Å². The molecule has 0 amide bonds. The molecule has 0 bridgehead atoms. The van der Waals surface area contributed by atoms with Gasteiger partial charge in [-0.05, 0) is 17.5 Å². The van der Waals surface area contributed by atoms with E-state index in [2.05, 4.69) is 4.98 Å². The number of hydrogen-bond donors (Lipinski definition) is 1. The van der Waals surface area contributed by atoms with Crippen LogP contribution in [0.3, 0.4) is 0 Å². The van der Waals surface area contributed by atoms with Crippen molar-refractivity contribution in [2.75, 3.05) is 6.61 Å². The van der Waals surface area contributed by atoms with Crippen molar-refractivity contribution in [1.29, 1.82) is 0 Å². The van der Waals surface area contributed by atoms with Gasteiger partial charge in [-0.2, -0.15) is 0 Å². The minimum Gasteiger partial charge on any atom is -0.392 e. The lowest BCUT2D eigenvalue weighted by Gasteiger charge is -1.91. The minimum atomic E-state index is 0.0832. The Hall–Kier alpha value is -0.800. The van der Waals surface area contributed by atoms with Crippen LogP contribution in [0, 0.1) is 0 Å². The zero-order chi connectivity index (χ0) is 7.94. The first-order valence-electron chi connectivity index (χ1n) is 3.27. The van der Waals surface area contributed by atoms with E-state index in [1.165, 1.54) is 11.8 Å². The fourth-order valence-electron chi connectivity index (χ4n) is 0.578. The number of aliphatic hydroxyl groups is 1. The topological polar surface area (TPSA) is 33.1 Å². The summed E-state index contributed by atoms with van der Waals surface area (Å²) < 4.78 is 0. The maximum atomic E-state index is 8.42. The van der Waals surface area contributed by atoms with Gasteiger partial charge in [-0.15, -0.1) is 0 Å². The summed E-state index contributed by atoms with van der Waals surface area (Å²) in [4.78, 5) is 4.08. The van der Waals surface area contributed by atoms with Crippen molar-refractivity contribution in [3.8, 4) is 0 Å². The third-order valence-electron chi connectivity index (χ3n) is 1.03. The molecule has 1 heterocycles. The number of aliphatic hydroxyl groups excluding tert-OH is 1. The van der Waals surface area contributed by atoms with E-state index in [-0.39, 0.29) is 6.61 Å². The van der Waals surface area contributed by atoms with Gasteiger partial charge in [0.25, 0.3) is 0 Å². The molecule has 0 spiro atoms. The first-order chi connectivity index (χ1) is 5.43. The summed E-state index contributed by atoms with van der Waals surface area (Å²) in [5.41, 5.74) is 0. The highest BCUT2D eigenvalue weighted by Gasteiger charge is 1.86. The van der Waals surface area contributed by atoms with Crippen LogP contribution in [0.25, 0.3) is 0 Å². The summed E-state index contributed by atoms with van der Waals surface area (Å²) in [7, 11) is 0. The molecule has 0 radical (unpaired) electrons. The summed E-state index contributed by atoms with van der Waals surface area (Å²) in [6, 6.07) is 5.73. The van der Waals surface area contributed by atoms with E-state index in [0.29, 0.717) is 0 Å². The third kappa shape index (κ3) is 3.20. The van der Waals surface area contributed by atoms with E-state index in [1.807, 2.05) is 23.6 Å². The third-order valence-corrected chi connectivity index (χ3v) is 1.84. The largest absolute Gasteiger partial charge is 0.392 e. The van der Waals surface area contributed by atoms with Crippen LogP contribution in [0.5, 0.6) is 0 Å². The molecule has 1 aromatic rings. The molecule has 0 aromatic carbocycles. The van der Waals surface area contributed by atoms with Crippen LogP contribution >= 0.6 is 11.8 Å². The molecule has 1 N–H and O–H groups in total.